The number of carbonyl (C=O) groups excluding carboxylic acids is 2. The monoisotopic (exact) mass is 246 g/mol. The number of ether oxygens (including phenoxy) is 1. The Morgan fingerprint density at radius 3 is 2.89 bits per heavy atom. The van der Waals surface area contributed by atoms with Gasteiger partial charge in [0.05, 0.1) is 6.04 Å². The van der Waals surface area contributed by atoms with Gasteiger partial charge in [-0.05, 0) is 18.6 Å². The molecule has 0 spiro atoms. The summed E-state index contributed by atoms with van der Waals surface area (Å²) in [4.78, 5) is 23.4. The molecule has 0 bridgehead atoms. The molecule has 5 nitrogen and oxygen atoms in total. The van der Waals surface area contributed by atoms with Gasteiger partial charge in [-0.1, -0.05) is 24.3 Å². The van der Waals surface area contributed by atoms with Crippen LogP contribution >= 0.6 is 0 Å². The summed E-state index contributed by atoms with van der Waals surface area (Å²) < 4.78 is 4.89. The topological polar surface area (TPSA) is 58.6 Å². The molecule has 94 valence electrons. The Balaban J connectivity index is 2.05. The van der Waals surface area contributed by atoms with Crippen molar-refractivity contribution in [3.05, 3.63) is 48.6 Å². The maximum absolute atomic E-state index is 11.9. The molecule has 1 fully saturated rings. The highest BCUT2D eigenvalue weighted by Gasteiger charge is 2.33. The van der Waals surface area contributed by atoms with Gasteiger partial charge in [0.1, 0.15) is 6.61 Å². The number of benzene rings is 1. The third-order valence-corrected chi connectivity index (χ3v) is 2.66. The Kier molecular flexibility index (Phi) is 3.62. The van der Waals surface area contributed by atoms with Crippen molar-refractivity contribution in [1.82, 2.24) is 10.4 Å². The molecule has 18 heavy (non-hydrogen) atoms. The van der Waals surface area contributed by atoms with Crippen LogP contribution in [0.2, 0.25) is 0 Å². The van der Waals surface area contributed by atoms with Gasteiger partial charge in [0.25, 0.3) is 5.91 Å². The lowest BCUT2D eigenvalue weighted by atomic mass is 10.2. The van der Waals surface area contributed by atoms with Gasteiger partial charge in [0.15, 0.2) is 0 Å². The standard InChI is InChI=1S/C13H14N2O3/c1-2-6-11-9-18-13(17)15(11)14-12(16)10-7-4-3-5-8-10/h2-5,7-8,11H,1,6,9H2,(H,14,16)/t11-/m1/s1. The molecule has 2 amide bonds. The number of cyclic esters (lactones) is 1. The van der Waals surface area contributed by atoms with Gasteiger partial charge in [-0.15, -0.1) is 6.58 Å². The van der Waals surface area contributed by atoms with E-state index in [9.17, 15) is 9.59 Å². The first-order valence-corrected chi connectivity index (χ1v) is 5.65. The van der Waals surface area contributed by atoms with E-state index < -0.39 is 6.09 Å². The van der Waals surface area contributed by atoms with Crippen molar-refractivity contribution >= 4 is 12.0 Å². The highest BCUT2D eigenvalue weighted by Crippen LogP contribution is 2.13. The summed E-state index contributed by atoms with van der Waals surface area (Å²) in [6.45, 7) is 3.88. The van der Waals surface area contributed by atoms with Gasteiger partial charge >= 0.3 is 6.09 Å². The minimum absolute atomic E-state index is 0.192. The molecule has 1 aromatic rings. The number of hydrogen-bond acceptors (Lipinski definition) is 3. The summed E-state index contributed by atoms with van der Waals surface area (Å²) in [6, 6.07) is 8.51. The predicted octanol–water partition coefficient (Wildman–Crippen LogP) is 1.73. The van der Waals surface area contributed by atoms with Crippen LogP contribution in [-0.2, 0) is 4.74 Å². The van der Waals surface area contributed by atoms with Crippen molar-refractivity contribution in [2.45, 2.75) is 12.5 Å². The molecule has 1 aliphatic rings. The summed E-state index contributed by atoms with van der Waals surface area (Å²) in [5.74, 6) is -0.330. The Morgan fingerprint density at radius 2 is 2.22 bits per heavy atom. The zero-order valence-electron chi connectivity index (χ0n) is 9.83. The van der Waals surface area contributed by atoms with Crippen molar-refractivity contribution in [2.75, 3.05) is 6.61 Å². The molecule has 0 radical (unpaired) electrons. The zero-order chi connectivity index (χ0) is 13.0. The van der Waals surface area contributed by atoms with Crippen molar-refractivity contribution < 1.29 is 14.3 Å². The first-order valence-electron chi connectivity index (χ1n) is 5.65. The lowest BCUT2D eigenvalue weighted by Crippen LogP contribution is -2.47. The number of rotatable bonds is 4. The number of carbonyl (C=O) groups is 2. The maximum Gasteiger partial charge on any atom is 0.429 e. The van der Waals surface area contributed by atoms with Crippen LogP contribution in [0.5, 0.6) is 0 Å². The SMILES string of the molecule is C=CC[C@@H]1COC(=O)N1NC(=O)c1ccccc1. The average molecular weight is 246 g/mol. The first kappa shape index (κ1) is 12.2. The zero-order valence-corrected chi connectivity index (χ0v) is 9.83. The van der Waals surface area contributed by atoms with E-state index in [0.29, 0.717) is 12.0 Å². The predicted molar refractivity (Wildman–Crippen MR) is 65.7 cm³/mol. The van der Waals surface area contributed by atoms with Crippen LogP contribution in [0.3, 0.4) is 0 Å². The molecule has 0 saturated carbocycles. The lowest BCUT2D eigenvalue weighted by Gasteiger charge is -2.20. The molecule has 2 rings (SSSR count). The van der Waals surface area contributed by atoms with E-state index in [2.05, 4.69) is 12.0 Å². The number of nitrogens with one attached hydrogen (secondary N) is 1. The molecular formula is C13H14N2O3. The van der Waals surface area contributed by atoms with Crippen molar-refractivity contribution in [2.24, 2.45) is 0 Å². The Labute approximate surface area is 105 Å². The van der Waals surface area contributed by atoms with Gasteiger partial charge in [0, 0.05) is 5.56 Å². The summed E-state index contributed by atoms with van der Waals surface area (Å²) in [7, 11) is 0. The minimum atomic E-state index is -0.536. The minimum Gasteiger partial charge on any atom is -0.446 e. The smallest absolute Gasteiger partial charge is 0.429 e. The van der Waals surface area contributed by atoms with Crippen LogP contribution < -0.4 is 5.43 Å². The molecule has 1 saturated heterocycles. The second-order valence-electron chi connectivity index (χ2n) is 3.93. The second-order valence-corrected chi connectivity index (χ2v) is 3.93. The highest BCUT2D eigenvalue weighted by molar-refractivity contribution is 5.95. The van der Waals surface area contributed by atoms with Crippen molar-refractivity contribution in [3.63, 3.8) is 0 Å². The second kappa shape index (κ2) is 5.35. The van der Waals surface area contributed by atoms with Gasteiger partial charge in [-0.25, -0.2) is 9.80 Å². The van der Waals surface area contributed by atoms with Crippen molar-refractivity contribution in [1.29, 1.82) is 0 Å². The quantitative estimate of drug-likeness (QED) is 0.823. The number of nitrogens with zero attached hydrogens (tertiary/aromatic N) is 1. The van der Waals surface area contributed by atoms with E-state index in [4.69, 9.17) is 4.74 Å². The number of hydrogen-bond donors (Lipinski definition) is 1. The van der Waals surface area contributed by atoms with Gasteiger partial charge in [-0.2, -0.15) is 0 Å². The Hall–Kier alpha value is -2.30. The fourth-order valence-corrected chi connectivity index (χ4v) is 1.73. The molecule has 1 aromatic carbocycles. The molecular weight excluding hydrogens is 232 g/mol. The Morgan fingerprint density at radius 1 is 1.50 bits per heavy atom. The molecule has 0 aliphatic carbocycles. The van der Waals surface area contributed by atoms with Gasteiger partial charge in [-0.3, -0.25) is 10.2 Å². The van der Waals surface area contributed by atoms with E-state index in [0.717, 1.165) is 0 Å². The van der Waals surface area contributed by atoms with Crippen molar-refractivity contribution in [3.8, 4) is 0 Å². The largest absolute Gasteiger partial charge is 0.446 e. The molecule has 0 aromatic heterocycles. The van der Waals surface area contributed by atoms with Crippen LogP contribution in [0.15, 0.2) is 43.0 Å². The summed E-state index contributed by atoms with van der Waals surface area (Å²) in [6.07, 6.45) is 1.72. The third kappa shape index (κ3) is 2.51. The first-order chi connectivity index (χ1) is 8.72. The molecule has 0 unspecified atom stereocenters. The number of amides is 2. The normalized spacial score (nSPS) is 18.3. The van der Waals surface area contributed by atoms with Crippen LogP contribution in [0.25, 0.3) is 0 Å². The van der Waals surface area contributed by atoms with E-state index in [1.54, 1.807) is 30.3 Å². The van der Waals surface area contributed by atoms with Gasteiger partial charge in [0.2, 0.25) is 0 Å². The lowest BCUT2D eigenvalue weighted by molar-refractivity contribution is 0.0798. The number of hydrazine groups is 1. The van der Waals surface area contributed by atoms with E-state index in [1.807, 2.05) is 6.07 Å². The molecule has 1 heterocycles. The maximum atomic E-state index is 11.9. The fourth-order valence-electron chi connectivity index (χ4n) is 1.73. The van der Waals surface area contributed by atoms with Crippen LogP contribution in [0, 0.1) is 0 Å². The molecule has 1 aliphatic heterocycles. The van der Waals surface area contributed by atoms with Gasteiger partial charge < -0.3 is 4.74 Å². The summed E-state index contributed by atoms with van der Waals surface area (Å²) >= 11 is 0. The van der Waals surface area contributed by atoms with E-state index >= 15 is 0 Å². The summed E-state index contributed by atoms with van der Waals surface area (Å²) in [5.41, 5.74) is 3.05. The molecule has 5 heteroatoms. The van der Waals surface area contributed by atoms with E-state index in [-0.39, 0.29) is 18.6 Å². The van der Waals surface area contributed by atoms with Crippen LogP contribution in [-0.4, -0.2) is 29.7 Å². The van der Waals surface area contributed by atoms with Crippen LogP contribution in [0.4, 0.5) is 4.79 Å². The average Bonchev–Trinajstić information content (AvgIpc) is 2.73. The molecule has 1 N–H and O–H groups in total. The molecule has 1 atom stereocenters. The fraction of sp³-hybridized carbons (Fsp3) is 0.231. The third-order valence-electron chi connectivity index (χ3n) is 2.66. The Bertz CT molecular complexity index is 459. The highest BCUT2D eigenvalue weighted by atomic mass is 16.6. The van der Waals surface area contributed by atoms with Crippen LogP contribution in [0.1, 0.15) is 16.8 Å². The van der Waals surface area contributed by atoms with E-state index in [1.165, 1.54) is 5.01 Å². The summed E-state index contributed by atoms with van der Waals surface area (Å²) in [5, 5.41) is 1.22.